The molecular formula is C23H16ClFN4O3S. The van der Waals surface area contributed by atoms with Crippen molar-refractivity contribution in [3.8, 4) is 11.5 Å². The normalized spacial score (nSPS) is 10.6. The van der Waals surface area contributed by atoms with Gasteiger partial charge in [-0.1, -0.05) is 41.6 Å². The summed E-state index contributed by atoms with van der Waals surface area (Å²) in [6, 6.07) is 19.0. The molecule has 1 aromatic heterocycles. The SMILES string of the molecule is O=C(CSc1nnc(-c2cccc(Cl)c2)o1)Nc1ccccc1C(=O)Nc1ccc(F)cc1. The molecule has 10 heteroatoms. The van der Waals surface area contributed by atoms with E-state index in [9.17, 15) is 14.0 Å². The first-order valence-corrected chi connectivity index (χ1v) is 11.0. The van der Waals surface area contributed by atoms with Gasteiger partial charge in [0.15, 0.2) is 0 Å². The molecule has 166 valence electrons. The number of thioether (sulfide) groups is 1. The molecule has 2 amide bonds. The van der Waals surface area contributed by atoms with Gasteiger partial charge in [0.1, 0.15) is 5.82 Å². The van der Waals surface area contributed by atoms with Crippen LogP contribution in [-0.2, 0) is 4.79 Å². The topological polar surface area (TPSA) is 97.1 Å². The second-order valence-electron chi connectivity index (χ2n) is 6.73. The predicted molar refractivity (Wildman–Crippen MR) is 125 cm³/mol. The van der Waals surface area contributed by atoms with Crippen LogP contribution >= 0.6 is 23.4 Å². The van der Waals surface area contributed by atoms with Crippen LogP contribution in [0.1, 0.15) is 10.4 Å². The Kier molecular flexibility index (Phi) is 7.01. The summed E-state index contributed by atoms with van der Waals surface area (Å²) >= 11 is 7.04. The third-order valence-electron chi connectivity index (χ3n) is 4.35. The average molecular weight is 483 g/mol. The molecule has 0 unspecified atom stereocenters. The van der Waals surface area contributed by atoms with E-state index in [0.29, 0.717) is 27.9 Å². The summed E-state index contributed by atoms with van der Waals surface area (Å²) in [5.41, 5.74) is 1.71. The first-order chi connectivity index (χ1) is 16.0. The maximum Gasteiger partial charge on any atom is 0.277 e. The highest BCUT2D eigenvalue weighted by atomic mass is 35.5. The third kappa shape index (κ3) is 5.97. The van der Waals surface area contributed by atoms with Crippen molar-refractivity contribution in [1.29, 1.82) is 0 Å². The number of anilines is 2. The number of hydrogen-bond donors (Lipinski definition) is 2. The van der Waals surface area contributed by atoms with E-state index in [4.69, 9.17) is 16.0 Å². The summed E-state index contributed by atoms with van der Waals surface area (Å²) in [4.78, 5) is 25.1. The molecule has 0 radical (unpaired) electrons. The van der Waals surface area contributed by atoms with E-state index in [2.05, 4.69) is 20.8 Å². The Morgan fingerprint density at radius 3 is 2.55 bits per heavy atom. The van der Waals surface area contributed by atoms with E-state index < -0.39 is 11.7 Å². The number of carbonyl (C=O) groups is 2. The minimum atomic E-state index is -0.437. The second kappa shape index (κ2) is 10.3. The molecule has 0 aliphatic heterocycles. The lowest BCUT2D eigenvalue weighted by Gasteiger charge is -2.11. The van der Waals surface area contributed by atoms with Crippen molar-refractivity contribution < 1.29 is 18.4 Å². The largest absolute Gasteiger partial charge is 0.411 e. The number of nitrogens with zero attached hydrogens (tertiary/aromatic N) is 2. The number of benzene rings is 3. The molecule has 0 aliphatic carbocycles. The van der Waals surface area contributed by atoms with Gasteiger partial charge < -0.3 is 15.1 Å². The molecule has 0 saturated heterocycles. The standard InChI is InChI=1S/C23H16ClFN4O3S/c24-15-5-3-4-14(12-15)22-28-29-23(32-22)33-13-20(30)27-19-7-2-1-6-18(19)21(31)26-17-10-8-16(25)9-11-17/h1-12H,13H2,(H,26,31)(H,27,30). The second-order valence-corrected chi connectivity index (χ2v) is 8.09. The number of halogens is 2. The molecule has 0 fully saturated rings. The first-order valence-electron chi connectivity index (χ1n) is 9.66. The monoisotopic (exact) mass is 482 g/mol. The zero-order valence-corrected chi connectivity index (χ0v) is 18.5. The summed E-state index contributed by atoms with van der Waals surface area (Å²) in [5, 5.41) is 14.1. The predicted octanol–water partition coefficient (Wildman–Crippen LogP) is 5.51. The number of carbonyl (C=O) groups excluding carboxylic acids is 2. The number of hydrogen-bond acceptors (Lipinski definition) is 6. The minimum Gasteiger partial charge on any atom is -0.411 e. The third-order valence-corrected chi connectivity index (χ3v) is 5.41. The molecule has 4 aromatic rings. The summed E-state index contributed by atoms with van der Waals surface area (Å²) in [6.07, 6.45) is 0. The summed E-state index contributed by atoms with van der Waals surface area (Å²) in [7, 11) is 0. The smallest absolute Gasteiger partial charge is 0.277 e. The van der Waals surface area contributed by atoms with Gasteiger partial charge in [-0.2, -0.15) is 0 Å². The maximum atomic E-state index is 13.1. The Morgan fingerprint density at radius 2 is 1.76 bits per heavy atom. The van der Waals surface area contributed by atoms with Crippen molar-refractivity contribution >= 4 is 46.6 Å². The van der Waals surface area contributed by atoms with Crippen LogP contribution in [0.25, 0.3) is 11.5 Å². The van der Waals surface area contributed by atoms with Gasteiger partial charge in [0.05, 0.1) is 17.0 Å². The Balaban J connectivity index is 1.37. The van der Waals surface area contributed by atoms with Gasteiger partial charge in [-0.05, 0) is 54.6 Å². The molecule has 7 nitrogen and oxygen atoms in total. The number of aromatic nitrogens is 2. The molecule has 0 saturated carbocycles. The Hall–Kier alpha value is -3.69. The molecule has 1 heterocycles. The van der Waals surface area contributed by atoms with Crippen LogP contribution in [-0.4, -0.2) is 27.8 Å². The molecule has 0 aliphatic rings. The first kappa shape index (κ1) is 22.5. The van der Waals surface area contributed by atoms with Crippen LogP contribution in [0.3, 0.4) is 0 Å². The maximum absolute atomic E-state index is 13.1. The van der Waals surface area contributed by atoms with E-state index in [1.54, 1.807) is 48.5 Å². The van der Waals surface area contributed by atoms with E-state index in [1.165, 1.54) is 24.3 Å². The quantitative estimate of drug-likeness (QED) is 0.337. The number of para-hydroxylation sites is 1. The summed E-state index contributed by atoms with van der Waals surface area (Å²) in [6.45, 7) is 0. The van der Waals surface area contributed by atoms with E-state index in [1.807, 2.05) is 0 Å². The fraction of sp³-hybridized carbons (Fsp3) is 0.0435. The molecule has 4 rings (SSSR count). The van der Waals surface area contributed by atoms with Crippen molar-refractivity contribution in [1.82, 2.24) is 10.2 Å². The Morgan fingerprint density at radius 1 is 0.970 bits per heavy atom. The molecule has 0 atom stereocenters. The highest BCUT2D eigenvalue weighted by Crippen LogP contribution is 2.25. The zero-order valence-electron chi connectivity index (χ0n) is 16.9. The molecule has 3 aromatic carbocycles. The van der Waals surface area contributed by atoms with Crippen LogP contribution in [0.15, 0.2) is 82.4 Å². The van der Waals surface area contributed by atoms with Crippen LogP contribution in [0.4, 0.5) is 15.8 Å². The lowest BCUT2D eigenvalue weighted by atomic mass is 10.1. The molecule has 33 heavy (non-hydrogen) atoms. The molecular weight excluding hydrogens is 467 g/mol. The van der Waals surface area contributed by atoms with Crippen LogP contribution < -0.4 is 10.6 Å². The van der Waals surface area contributed by atoms with Crippen molar-refractivity contribution in [2.75, 3.05) is 16.4 Å². The van der Waals surface area contributed by atoms with Gasteiger partial charge in [0.25, 0.3) is 11.1 Å². The van der Waals surface area contributed by atoms with Crippen molar-refractivity contribution in [2.45, 2.75) is 5.22 Å². The zero-order chi connectivity index (χ0) is 23.2. The number of nitrogens with one attached hydrogen (secondary N) is 2. The fourth-order valence-corrected chi connectivity index (χ4v) is 3.60. The summed E-state index contributed by atoms with van der Waals surface area (Å²) < 4.78 is 18.6. The minimum absolute atomic E-state index is 0.00883. The molecule has 0 bridgehead atoms. The van der Waals surface area contributed by atoms with Gasteiger partial charge in [-0.3, -0.25) is 9.59 Å². The van der Waals surface area contributed by atoms with Crippen molar-refractivity contribution in [3.63, 3.8) is 0 Å². The van der Waals surface area contributed by atoms with Crippen LogP contribution in [0.2, 0.25) is 5.02 Å². The van der Waals surface area contributed by atoms with Gasteiger partial charge in [-0.15, -0.1) is 10.2 Å². The highest BCUT2D eigenvalue weighted by molar-refractivity contribution is 7.99. The van der Waals surface area contributed by atoms with E-state index in [0.717, 1.165) is 11.8 Å². The van der Waals surface area contributed by atoms with Gasteiger partial charge in [-0.25, -0.2) is 4.39 Å². The van der Waals surface area contributed by atoms with E-state index >= 15 is 0 Å². The molecule has 2 N–H and O–H groups in total. The number of amides is 2. The van der Waals surface area contributed by atoms with Gasteiger partial charge in [0, 0.05) is 16.3 Å². The number of rotatable bonds is 7. The highest BCUT2D eigenvalue weighted by Gasteiger charge is 2.15. The lowest BCUT2D eigenvalue weighted by Crippen LogP contribution is -2.19. The molecule has 0 spiro atoms. The van der Waals surface area contributed by atoms with Crippen molar-refractivity contribution in [2.24, 2.45) is 0 Å². The summed E-state index contributed by atoms with van der Waals surface area (Å²) in [5.74, 6) is -0.912. The van der Waals surface area contributed by atoms with Crippen molar-refractivity contribution in [3.05, 3.63) is 89.2 Å². The Labute approximate surface area is 197 Å². The van der Waals surface area contributed by atoms with Crippen LogP contribution in [0, 0.1) is 5.82 Å². The van der Waals surface area contributed by atoms with Gasteiger partial charge >= 0.3 is 0 Å². The van der Waals surface area contributed by atoms with Gasteiger partial charge in [0.2, 0.25) is 11.8 Å². The van der Waals surface area contributed by atoms with E-state index in [-0.39, 0.29) is 22.4 Å². The Bertz CT molecular complexity index is 1300. The lowest BCUT2D eigenvalue weighted by molar-refractivity contribution is -0.113. The fourth-order valence-electron chi connectivity index (χ4n) is 2.84. The average Bonchev–Trinajstić information content (AvgIpc) is 3.29. The van der Waals surface area contributed by atoms with Crippen LogP contribution in [0.5, 0.6) is 0 Å².